The number of nitrogens with one attached hydrogen (secondary N) is 1. The number of rotatable bonds is 6. The lowest BCUT2D eigenvalue weighted by Crippen LogP contribution is -2.02. The summed E-state index contributed by atoms with van der Waals surface area (Å²) in [5.41, 5.74) is 3.29. The molecule has 1 aromatic heterocycles. The van der Waals surface area contributed by atoms with Crippen LogP contribution >= 0.6 is 11.8 Å². The van der Waals surface area contributed by atoms with E-state index in [-0.39, 0.29) is 6.61 Å². The zero-order valence-electron chi connectivity index (χ0n) is 9.77. The van der Waals surface area contributed by atoms with Crippen LogP contribution in [0.25, 0.3) is 11.0 Å². The van der Waals surface area contributed by atoms with E-state index in [0.29, 0.717) is 13.2 Å². The Morgan fingerprint density at radius 3 is 3.12 bits per heavy atom. The van der Waals surface area contributed by atoms with Crippen LogP contribution in [0.3, 0.4) is 0 Å². The highest BCUT2D eigenvalue weighted by Crippen LogP contribution is 2.19. The summed E-state index contributed by atoms with van der Waals surface area (Å²) in [4.78, 5) is 7.75. The molecule has 2 N–H and O–H groups in total. The Labute approximate surface area is 104 Å². The van der Waals surface area contributed by atoms with Crippen molar-refractivity contribution in [3.63, 3.8) is 0 Å². The minimum Gasteiger partial charge on any atom is -0.394 e. The van der Waals surface area contributed by atoms with Gasteiger partial charge in [-0.25, -0.2) is 4.98 Å². The first kappa shape index (κ1) is 12.4. The fraction of sp³-hybridized carbons (Fsp3) is 0.417. The average Bonchev–Trinajstić information content (AvgIpc) is 2.70. The van der Waals surface area contributed by atoms with E-state index in [1.54, 1.807) is 11.8 Å². The van der Waals surface area contributed by atoms with E-state index in [1.807, 2.05) is 6.07 Å². The Morgan fingerprint density at radius 1 is 1.41 bits per heavy atom. The number of aromatic amines is 1. The predicted octanol–water partition coefficient (Wildman–Crippen LogP) is 1.97. The molecule has 2 rings (SSSR count). The molecular weight excluding hydrogens is 236 g/mol. The van der Waals surface area contributed by atoms with Crippen LogP contribution in [0.2, 0.25) is 0 Å². The highest BCUT2D eigenvalue weighted by atomic mass is 32.2. The van der Waals surface area contributed by atoms with Crippen molar-refractivity contribution in [1.82, 2.24) is 9.97 Å². The summed E-state index contributed by atoms with van der Waals surface area (Å²) in [5, 5.41) is 9.47. The van der Waals surface area contributed by atoms with Gasteiger partial charge in [0.15, 0.2) is 5.16 Å². The molecule has 2 aromatic rings. The second-order valence-corrected chi connectivity index (χ2v) is 4.83. The average molecular weight is 252 g/mol. The quantitative estimate of drug-likeness (QED) is 0.609. The molecule has 0 atom stereocenters. The van der Waals surface area contributed by atoms with Crippen LogP contribution in [0.4, 0.5) is 0 Å². The second kappa shape index (κ2) is 6.05. The van der Waals surface area contributed by atoms with Crippen molar-refractivity contribution >= 4 is 22.8 Å². The number of fused-ring (bicyclic) bond motifs is 1. The van der Waals surface area contributed by atoms with E-state index in [0.717, 1.165) is 21.9 Å². The van der Waals surface area contributed by atoms with E-state index in [1.165, 1.54) is 5.56 Å². The molecule has 1 aromatic carbocycles. The number of aliphatic hydroxyl groups excluding tert-OH is 1. The maximum atomic E-state index is 8.55. The zero-order valence-corrected chi connectivity index (χ0v) is 10.6. The van der Waals surface area contributed by atoms with Crippen molar-refractivity contribution < 1.29 is 9.84 Å². The monoisotopic (exact) mass is 252 g/mol. The number of aryl methyl sites for hydroxylation is 1. The molecule has 1 heterocycles. The van der Waals surface area contributed by atoms with E-state index >= 15 is 0 Å². The van der Waals surface area contributed by atoms with E-state index in [2.05, 4.69) is 29.0 Å². The molecule has 5 heteroatoms. The van der Waals surface area contributed by atoms with Gasteiger partial charge in [0.25, 0.3) is 0 Å². The summed E-state index contributed by atoms with van der Waals surface area (Å²) in [6.07, 6.45) is 0. The first-order chi connectivity index (χ1) is 8.29. The number of aliphatic hydroxyl groups is 1. The van der Waals surface area contributed by atoms with Crippen LogP contribution in [-0.2, 0) is 4.74 Å². The van der Waals surface area contributed by atoms with Gasteiger partial charge in [0.05, 0.1) is 30.9 Å². The number of benzene rings is 1. The first-order valence-electron chi connectivity index (χ1n) is 5.57. The Morgan fingerprint density at radius 2 is 2.29 bits per heavy atom. The molecule has 0 aliphatic rings. The van der Waals surface area contributed by atoms with Gasteiger partial charge < -0.3 is 14.8 Å². The lowest BCUT2D eigenvalue weighted by atomic mass is 10.2. The van der Waals surface area contributed by atoms with Gasteiger partial charge in [-0.3, -0.25) is 0 Å². The summed E-state index contributed by atoms with van der Waals surface area (Å²) in [7, 11) is 0. The number of thioether (sulfide) groups is 1. The molecule has 92 valence electrons. The summed E-state index contributed by atoms with van der Waals surface area (Å²) in [6, 6.07) is 6.17. The number of H-pyrrole nitrogens is 1. The maximum absolute atomic E-state index is 8.55. The fourth-order valence-corrected chi connectivity index (χ4v) is 2.27. The van der Waals surface area contributed by atoms with Crippen molar-refractivity contribution in [2.75, 3.05) is 25.6 Å². The molecule has 0 aliphatic heterocycles. The lowest BCUT2D eigenvalue weighted by molar-refractivity contribution is 0.103. The van der Waals surface area contributed by atoms with E-state index < -0.39 is 0 Å². The van der Waals surface area contributed by atoms with Crippen LogP contribution in [0.5, 0.6) is 0 Å². The predicted molar refractivity (Wildman–Crippen MR) is 69.5 cm³/mol. The highest BCUT2D eigenvalue weighted by Gasteiger charge is 2.02. The van der Waals surface area contributed by atoms with Crippen LogP contribution < -0.4 is 0 Å². The van der Waals surface area contributed by atoms with Gasteiger partial charge in [0.2, 0.25) is 0 Å². The van der Waals surface area contributed by atoms with Crippen molar-refractivity contribution in [3.8, 4) is 0 Å². The molecule has 0 amide bonds. The smallest absolute Gasteiger partial charge is 0.166 e. The Hall–Kier alpha value is -1.04. The number of imidazole rings is 1. The van der Waals surface area contributed by atoms with Crippen molar-refractivity contribution in [3.05, 3.63) is 23.8 Å². The molecule has 0 fully saturated rings. The molecule has 0 radical (unpaired) electrons. The lowest BCUT2D eigenvalue weighted by Gasteiger charge is -1.99. The topological polar surface area (TPSA) is 58.1 Å². The van der Waals surface area contributed by atoms with Gasteiger partial charge in [0.1, 0.15) is 0 Å². The highest BCUT2D eigenvalue weighted by molar-refractivity contribution is 7.99. The molecule has 0 unspecified atom stereocenters. The third-order valence-electron chi connectivity index (χ3n) is 2.32. The Bertz CT molecular complexity index is 484. The first-order valence-corrected chi connectivity index (χ1v) is 6.56. The minimum atomic E-state index is 0.0780. The molecular formula is C12H16N2O2S. The van der Waals surface area contributed by atoms with Crippen molar-refractivity contribution in [2.24, 2.45) is 0 Å². The zero-order chi connectivity index (χ0) is 12.1. The van der Waals surface area contributed by atoms with Gasteiger partial charge in [-0.05, 0) is 24.6 Å². The number of ether oxygens (including phenoxy) is 1. The standard InChI is InChI=1S/C12H16N2O2S/c1-9-2-3-10-11(8-9)14-12(13-10)17-7-6-16-5-4-15/h2-3,8,15H,4-7H2,1H3,(H,13,14). The molecule has 0 bridgehead atoms. The largest absolute Gasteiger partial charge is 0.394 e. The minimum absolute atomic E-state index is 0.0780. The van der Waals surface area contributed by atoms with Gasteiger partial charge in [-0.1, -0.05) is 17.8 Å². The summed E-state index contributed by atoms with van der Waals surface area (Å²) < 4.78 is 5.19. The molecule has 0 aliphatic carbocycles. The van der Waals surface area contributed by atoms with Crippen LogP contribution in [0, 0.1) is 6.92 Å². The van der Waals surface area contributed by atoms with Crippen LogP contribution in [0.1, 0.15) is 5.56 Å². The second-order valence-electron chi connectivity index (χ2n) is 3.75. The molecule has 0 saturated heterocycles. The number of aromatic nitrogens is 2. The number of hydrogen-bond donors (Lipinski definition) is 2. The third-order valence-corrected chi connectivity index (χ3v) is 3.16. The Balaban J connectivity index is 1.91. The van der Waals surface area contributed by atoms with E-state index in [4.69, 9.17) is 9.84 Å². The van der Waals surface area contributed by atoms with Crippen LogP contribution in [-0.4, -0.2) is 40.6 Å². The molecule has 0 spiro atoms. The summed E-state index contributed by atoms with van der Waals surface area (Å²) in [5.74, 6) is 0.832. The van der Waals surface area contributed by atoms with Crippen LogP contribution in [0.15, 0.2) is 23.4 Å². The van der Waals surface area contributed by atoms with E-state index in [9.17, 15) is 0 Å². The van der Waals surface area contributed by atoms with Gasteiger partial charge >= 0.3 is 0 Å². The van der Waals surface area contributed by atoms with Gasteiger partial charge in [-0.15, -0.1) is 0 Å². The Kier molecular flexibility index (Phi) is 4.42. The van der Waals surface area contributed by atoms with Gasteiger partial charge in [-0.2, -0.15) is 0 Å². The SMILES string of the molecule is Cc1ccc2nc(SCCOCCO)[nH]c2c1. The molecule has 0 saturated carbocycles. The summed E-state index contributed by atoms with van der Waals surface area (Å²) in [6.45, 7) is 3.17. The summed E-state index contributed by atoms with van der Waals surface area (Å²) >= 11 is 1.63. The third kappa shape index (κ3) is 3.46. The maximum Gasteiger partial charge on any atom is 0.166 e. The van der Waals surface area contributed by atoms with Gasteiger partial charge in [0, 0.05) is 5.75 Å². The fourth-order valence-electron chi connectivity index (χ4n) is 1.53. The molecule has 17 heavy (non-hydrogen) atoms. The molecule has 4 nitrogen and oxygen atoms in total. The number of nitrogens with zero attached hydrogens (tertiary/aromatic N) is 1. The normalized spacial score (nSPS) is 11.2. The van der Waals surface area contributed by atoms with Crippen molar-refractivity contribution in [1.29, 1.82) is 0 Å². The number of hydrogen-bond acceptors (Lipinski definition) is 4. The van der Waals surface area contributed by atoms with Crippen molar-refractivity contribution in [2.45, 2.75) is 12.1 Å².